The van der Waals surface area contributed by atoms with Gasteiger partial charge in [-0.15, -0.1) is 11.6 Å². The number of ether oxygens (including phenoxy) is 1. The first-order chi connectivity index (χ1) is 8.60. The van der Waals surface area contributed by atoms with Gasteiger partial charge in [0.1, 0.15) is 11.5 Å². The predicted molar refractivity (Wildman–Crippen MR) is 80.0 cm³/mol. The number of hydrogen-bond acceptors (Lipinski definition) is 1. The highest BCUT2D eigenvalue weighted by Gasteiger charge is 2.07. The zero-order valence-electron chi connectivity index (χ0n) is 9.71. The summed E-state index contributed by atoms with van der Waals surface area (Å²) in [5.41, 5.74) is 1.94. The van der Waals surface area contributed by atoms with E-state index in [4.69, 9.17) is 27.9 Å². The molecule has 4 heteroatoms. The molecule has 2 aromatic rings. The second-order valence-electron chi connectivity index (χ2n) is 3.90. The van der Waals surface area contributed by atoms with Crippen LogP contribution < -0.4 is 4.74 Å². The normalized spacial score (nSPS) is 10.4. The molecule has 0 N–H and O–H groups in total. The Bertz CT molecular complexity index is 570. The Morgan fingerprint density at radius 3 is 2.50 bits per heavy atom. The van der Waals surface area contributed by atoms with Crippen LogP contribution in [0.25, 0.3) is 0 Å². The molecule has 0 aliphatic heterocycles. The summed E-state index contributed by atoms with van der Waals surface area (Å²) in [6.45, 7) is 2.00. The number of rotatable bonds is 3. The van der Waals surface area contributed by atoms with E-state index in [9.17, 15) is 0 Å². The van der Waals surface area contributed by atoms with Crippen molar-refractivity contribution in [2.45, 2.75) is 12.8 Å². The molecule has 0 amide bonds. The summed E-state index contributed by atoms with van der Waals surface area (Å²) in [6.07, 6.45) is 0. The van der Waals surface area contributed by atoms with Gasteiger partial charge >= 0.3 is 0 Å². The van der Waals surface area contributed by atoms with Crippen molar-refractivity contribution in [1.29, 1.82) is 0 Å². The number of aryl methyl sites for hydroxylation is 1. The maximum Gasteiger partial charge on any atom is 0.131 e. The molecule has 0 aliphatic rings. The van der Waals surface area contributed by atoms with Crippen LogP contribution in [0.3, 0.4) is 0 Å². The molecule has 2 aromatic carbocycles. The van der Waals surface area contributed by atoms with Crippen LogP contribution in [0.1, 0.15) is 11.1 Å². The van der Waals surface area contributed by atoms with E-state index >= 15 is 0 Å². The summed E-state index contributed by atoms with van der Waals surface area (Å²) in [4.78, 5) is 0. The van der Waals surface area contributed by atoms with Gasteiger partial charge in [-0.05, 0) is 48.9 Å². The second-order valence-corrected chi connectivity index (χ2v) is 5.52. The van der Waals surface area contributed by atoms with E-state index < -0.39 is 0 Å². The fourth-order valence-electron chi connectivity index (χ4n) is 1.60. The number of hydrogen-bond donors (Lipinski definition) is 0. The molecular formula is C14H11BrCl2O. The molecule has 94 valence electrons. The quantitative estimate of drug-likeness (QED) is 0.625. The van der Waals surface area contributed by atoms with Crippen LogP contribution in [0.15, 0.2) is 40.9 Å². The van der Waals surface area contributed by atoms with E-state index in [-0.39, 0.29) is 0 Å². The van der Waals surface area contributed by atoms with Crippen molar-refractivity contribution in [3.63, 3.8) is 0 Å². The van der Waals surface area contributed by atoms with E-state index in [1.807, 2.05) is 37.3 Å². The lowest BCUT2D eigenvalue weighted by molar-refractivity contribution is 0.474. The van der Waals surface area contributed by atoms with Crippen molar-refractivity contribution >= 4 is 39.1 Å². The highest BCUT2D eigenvalue weighted by atomic mass is 79.9. The Morgan fingerprint density at radius 2 is 1.83 bits per heavy atom. The number of halogens is 3. The third kappa shape index (κ3) is 3.19. The summed E-state index contributed by atoms with van der Waals surface area (Å²) in [5.74, 6) is 1.91. The third-order valence-electron chi connectivity index (χ3n) is 2.52. The lowest BCUT2D eigenvalue weighted by Gasteiger charge is -2.12. The van der Waals surface area contributed by atoms with E-state index in [1.54, 1.807) is 6.07 Å². The lowest BCUT2D eigenvalue weighted by atomic mass is 10.2. The topological polar surface area (TPSA) is 9.23 Å². The Morgan fingerprint density at radius 1 is 1.11 bits per heavy atom. The molecule has 0 aromatic heterocycles. The fourth-order valence-corrected chi connectivity index (χ4v) is 2.48. The van der Waals surface area contributed by atoms with Crippen molar-refractivity contribution in [2.24, 2.45) is 0 Å². The minimum absolute atomic E-state index is 0.367. The molecule has 0 heterocycles. The van der Waals surface area contributed by atoms with Crippen molar-refractivity contribution in [3.8, 4) is 11.5 Å². The van der Waals surface area contributed by atoms with Crippen LogP contribution in [0.2, 0.25) is 5.02 Å². The van der Waals surface area contributed by atoms with Crippen LogP contribution in [0, 0.1) is 6.92 Å². The Balaban J connectivity index is 2.33. The minimum atomic E-state index is 0.367. The Hall–Kier alpha value is -0.700. The van der Waals surface area contributed by atoms with Crippen LogP contribution >= 0.6 is 39.1 Å². The molecule has 1 nitrogen and oxygen atoms in total. The lowest BCUT2D eigenvalue weighted by Crippen LogP contribution is -1.91. The van der Waals surface area contributed by atoms with Crippen molar-refractivity contribution in [2.75, 3.05) is 0 Å². The summed E-state index contributed by atoms with van der Waals surface area (Å²) in [7, 11) is 0. The molecule has 0 unspecified atom stereocenters. The number of alkyl halides is 1. The van der Waals surface area contributed by atoms with Crippen LogP contribution in [-0.2, 0) is 5.88 Å². The maximum atomic E-state index is 5.93. The van der Waals surface area contributed by atoms with Gasteiger partial charge in [-0.25, -0.2) is 0 Å². The van der Waals surface area contributed by atoms with Gasteiger partial charge in [0, 0.05) is 15.1 Å². The zero-order chi connectivity index (χ0) is 13.1. The molecule has 0 atom stereocenters. The highest BCUT2D eigenvalue weighted by molar-refractivity contribution is 9.10. The average molecular weight is 346 g/mol. The fraction of sp³-hybridized carbons (Fsp3) is 0.143. The van der Waals surface area contributed by atoms with E-state index in [2.05, 4.69) is 15.9 Å². The monoisotopic (exact) mass is 344 g/mol. The van der Waals surface area contributed by atoms with Gasteiger partial charge in [-0.1, -0.05) is 27.5 Å². The molecule has 0 aliphatic carbocycles. The molecule has 0 saturated carbocycles. The third-order valence-corrected chi connectivity index (χ3v) is 3.54. The summed E-state index contributed by atoms with van der Waals surface area (Å²) in [6, 6.07) is 11.3. The highest BCUT2D eigenvalue weighted by Crippen LogP contribution is 2.31. The SMILES string of the molecule is Cc1cc(Br)ccc1Oc1ccc(Cl)cc1CCl. The zero-order valence-corrected chi connectivity index (χ0v) is 12.8. The smallest absolute Gasteiger partial charge is 0.131 e. The maximum absolute atomic E-state index is 5.93. The standard InChI is InChI=1S/C14H11BrCl2O/c1-9-6-11(15)2-4-13(9)18-14-5-3-12(17)7-10(14)8-16/h2-7H,8H2,1H3. The summed E-state index contributed by atoms with van der Waals surface area (Å²) < 4.78 is 6.91. The summed E-state index contributed by atoms with van der Waals surface area (Å²) in [5, 5.41) is 0.658. The van der Waals surface area contributed by atoms with E-state index in [1.165, 1.54) is 0 Å². The van der Waals surface area contributed by atoms with Gasteiger partial charge in [0.25, 0.3) is 0 Å². The van der Waals surface area contributed by atoms with Crippen LogP contribution in [0.4, 0.5) is 0 Å². The number of benzene rings is 2. The van der Waals surface area contributed by atoms with Gasteiger partial charge < -0.3 is 4.74 Å². The van der Waals surface area contributed by atoms with E-state index in [0.29, 0.717) is 10.9 Å². The largest absolute Gasteiger partial charge is 0.457 e. The van der Waals surface area contributed by atoms with Gasteiger partial charge in [0.2, 0.25) is 0 Å². The van der Waals surface area contributed by atoms with Gasteiger partial charge in [-0.2, -0.15) is 0 Å². The van der Waals surface area contributed by atoms with Gasteiger partial charge in [-0.3, -0.25) is 0 Å². The molecule has 2 rings (SSSR count). The molecule has 0 spiro atoms. The second kappa shape index (κ2) is 5.96. The average Bonchev–Trinajstić information content (AvgIpc) is 2.34. The first-order valence-electron chi connectivity index (χ1n) is 5.38. The molecule has 0 saturated heterocycles. The van der Waals surface area contributed by atoms with Crippen molar-refractivity contribution in [3.05, 3.63) is 57.0 Å². The molecular weight excluding hydrogens is 335 g/mol. The first kappa shape index (κ1) is 13.7. The first-order valence-corrected chi connectivity index (χ1v) is 7.09. The summed E-state index contributed by atoms with van der Waals surface area (Å²) >= 11 is 15.2. The molecule has 0 fully saturated rings. The molecule has 18 heavy (non-hydrogen) atoms. The van der Waals surface area contributed by atoms with Crippen LogP contribution in [-0.4, -0.2) is 0 Å². The minimum Gasteiger partial charge on any atom is -0.457 e. The van der Waals surface area contributed by atoms with Gasteiger partial charge in [0.15, 0.2) is 0 Å². The van der Waals surface area contributed by atoms with Crippen molar-refractivity contribution in [1.82, 2.24) is 0 Å². The molecule has 0 radical (unpaired) electrons. The Kier molecular flexibility index (Phi) is 4.55. The molecule has 0 bridgehead atoms. The van der Waals surface area contributed by atoms with Gasteiger partial charge in [0.05, 0.1) is 5.88 Å². The van der Waals surface area contributed by atoms with E-state index in [0.717, 1.165) is 27.1 Å². The Labute approximate surface area is 125 Å². The van der Waals surface area contributed by atoms with Crippen molar-refractivity contribution < 1.29 is 4.74 Å². The predicted octanol–water partition coefficient (Wildman–Crippen LogP) is 5.94. The van der Waals surface area contributed by atoms with Crippen LogP contribution in [0.5, 0.6) is 11.5 Å².